The highest BCUT2D eigenvalue weighted by atomic mass is 79.9. The second-order valence-corrected chi connectivity index (χ2v) is 5.61. The molecule has 0 fully saturated rings. The summed E-state index contributed by atoms with van der Waals surface area (Å²) in [6, 6.07) is 11.3. The van der Waals surface area contributed by atoms with E-state index in [-0.39, 0.29) is 11.8 Å². The molecule has 0 aromatic heterocycles. The van der Waals surface area contributed by atoms with Crippen molar-refractivity contribution in [2.45, 2.75) is 19.9 Å². The summed E-state index contributed by atoms with van der Waals surface area (Å²) in [6.45, 7) is 4.05. The highest BCUT2D eigenvalue weighted by Gasteiger charge is 2.12. The average Bonchev–Trinajstić information content (AvgIpc) is 2.43. The quantitative estimate of drug-likeness (QED) is 0.854. The first kappa shape index (κ1) is 14.7. The Morgan fingerprint density at radius 2 is 1.95 bits per heavy atom. The summed E-state index contributed by atoms with van der Waals surface area (Å²) < 4.78 is 6.26. The molecule has 2 aromatic rings. The summed E-state index contributed by atoms with van der Waals surface area (Å²) in [5.41, 5.74) is 2.99. The molecule has 0 spiro atoms. The summed E-state index contributed by atoms with van der Waals surface area (Å²) in [7, 11) is 1.62. The number of aryl methyl sites for hydroxylation is 1. The van der Waals surface area contributed by atoms with Crippen LogP contribution in [0.5, 0.6) is 11.5 Å². The maximum atomic E-state index is 9.97. The minimum Gasteiger partial charge on any atom is -0.508 e. The van der Waals surface area contributed by atoms with Gasteiger partial charge in [0.05, 0.1) is 13.2 Å². The Balaban J connectivity index is 2.23. The van der Waals surface area contributed by atoms with Gasteiger partial charge in [0.1, 0.15) is 11.5 Å². The lowest BCUT2D eigenvalue weighted by Gasteiger charge is -2.18. The molecular formula is C16H18BrNO2. The van der Waals surface area contributed by atoms with E-state index in [0.29, 0.717) is 0 Å². The Hall–Kier alpha value is -1.68. The first-order chi connectivity index (χ1) is 9.51. The number of phenols is 1. The molecule has 0 aliphatic carbocycles. The molecule has 2 rings (SSSR count). The smallest absolute Gasteiger partial charge is 0.121 e. The van der Waals surface area contributed by atoms with Crippen LogP contribution in [-0.4, -0.2) is 12.2 Å². The Bertz CT molecular complexity index is 613. The van der Waals surface area contributed by atoms with Crippen molar-refractivity contribution in [3.8, 4) is 11.5 Å². The Kier molecular flexibility index (Phi) is 4.55. The fraction of sp³-hybridized carbons (Fsp3) is 0.250. The van der Waals surface area contributed by atoms with Gasteiger partial charge in [-0.2, -0.15) is 0 Å². The highest BCUT2D eigenvalue weighted by Crippen LogP contribution is 2.31. The first-order valence-corrected chi connectivity index (χ1v) is 7.20. The van der Waals surface area contributed by atoms with Gasteiger partial charge in [-0.1, -0.05) is 22.0 Å². The largest absolute Gasteiger partial charge is 0.508 e. The molecule has 0 amide bonds. The zero-order chi connectivity index (χ0) is 14.7. The third-order valence-corrected chi connectivity index (χ3v) is 4.11. The molecular weight excluding hydrogens is 318 g/mol. The van der Waals surface area contributed by atoms with Crippen LogP contribution >= 0.6 is 15.9 Å². The van der Waals surface area contributed by atoms with Gasteiger partial charge in [0.25, 0.3) is 0 Å². The fourth-order valence-electron chi connectivity index (χ4n) is 2.02. The van der Waals surface area contributed by atoms with Crippen LogP contribution in [0.15, 0.2) is 40.9 Å². The molecule has 1 unspecified atom stereocenters. The molecule has 0 heterocycles. The first-order valence-electron chi connectivity index (χ1n) is 6.41. The van der Waals surface area contributed by atoms with Crippen molar-refractivity contribution in [1.29, 1.82) is 0 Å². The zero-order valence-electron chi connectivity index (χ0n) is 11.8. The number of phenolic OH excluding ortho intramolecular Hbond substituents is 1. The number of anilines is 1. The average molecular weight is 336 g/mol. The predicted octanol–water partition coefficient (Wildman–Crippen LogP) is 4.64. The van der Waals surface area contributed by atoms with Crippen LogP contribution in [0.3, 0.4) is 0 Å². The van der Waals surface area contributed by atoms with E-state index in [2.05, 4.69) is 21.2 Å². The molecule has 4 heteroatoms. The van der Waals surface area contributed by atoms with Gasteiger partial charge >= 0.3 is 0 Å². The van der Waals surface area contributed by atoms with Crippen LogP contribution in [0, 0.1) is 6.92 Å². The predicted molar refractivity (Wildman–Crippen MR) is 85.6 cm³/mol. The molecule has 0 aliphatic rings. The van der Waals surface area contributed by atoms with Crippen molar-refractivity contribution in [3.05, 3.63) is 52.0 Å². The highest BCUT2D eigenvalue weighted by molar-refractivity contribution is 9.10. The lowest BCUT2D eigenvalue weighted by atomic mass is 10.1. The van der Waals surface area contributed by atoms with Gasteiger partial charge in [-0.15, -0.1) is 0 Å². The molecule has 3 nitrogen and oxygen atoms in total. The number of ether oxygens (including phenoxy) is 1. The van der Waals surface area contributed by atoms with Crippen LogP contribution in [-0.2, 0) is 0 Å². The minimum atomic E-state index is -0.0280. The van der Waals surface area contributed by atoms with Gasteiger partial charge < -0.3 is 15.2 Å². The SMILES string of the molecule is COc1ccc(O)c(C(C)Nc2ccc(C)c(Br)c2)c1. The molecule has 0 bridgehead atoms. The van der Waals surface area contributed by atoms with E-state index in [4.69, 9.17) is 4.74 Å². The molecule has 2 aromatic carbocycles. The minimum absolute atomic E-state index is 0.0280. The standard InChI is InChI=1S/C16H18BrNO2/c1-10-4-5-12(8-15(10)17)18-11(2)14-9-13(20-3)6-7-16(14)19/h4-9,11,18-19H,1-3H3. The van der Waals surface area contributed by atoms with E-state index >= 15 is 0 Å². The number of hydrogen-bond acceptors (Lipinski definition) is 3. The molecule has 1 atom stereocenters. The van der Waals surface area contributed by atoms with Gasteiger partial charge in [0, 0.05) is 15.7 Å². The molecule has 0 radical (unpaired) electrons. The van der Waals surface area contributed by atoms with Crippen molar-refractivity contribution < 1.29 is 9.84 Å². The monoisotopic (exact) mass is 335 g/mol. The topological polar surface area (TPSA) is 41.5 Å². The van der Waals surface area contributed by atoms with Crippen LogP contribution in [0.1, 0.15) is 24.1 Å². The number of nitrogens with one attached hydrogen (secondary N) is 1. The van der Waals surface area contributed by atoms with Crippen LogP contribution < -0.4 is 10.1 Å². The van der Waals surface area contributed by atoms with Crippen molar-refractivity contribution in [2.75, 3.05) is 12.4 Å². The number of aromatic hydroxyl groups is 1. The third-order valence-electron chi connectivity index (χ3n) is 3.26. The summed E-state index contributed by atoms with van der Waals surface area (Å²) >= 11 is 3.52. The Morgan fingerprint density at radius 3 is 2.60 bits per heavy atom. The van der Waals surface area contributed by atoms with Gasteiger partial charge in [-0.3, -0.25) is 0 Å². The molecule has 106 valence electrons. The molecule has 0 saturated heterocycles. The Labute approximate surface area is 127 Å². The van der Waals surface area contributed by atoms with E-state index in [1.807, 2.05) is 38.1 Å². The molecule has 2 N–H and O–H groups in total. The zero-order valence-corrected chi connectivity index (χ0v) is 13.4. The second-order valence-electron chi connectivity index (χ2n) is 4.75. The number of rotatable bonds is 4. The third kappa shape index (κ3) is 3.25. The Morgan fingerprint density at radius 1 is 1.20 bits per heavy atom. The summed E-state index contributed by atoms with van der Waals surface area (Å²) in [5.74, 6) is 0.994. The van der Waals surface area contributed by atoms with Gasteiger partial charge in [0.15, 0.2) is 0 Å². The van der Waals surface area contributed by atoms with E-state index in [9.17, 15) is 5.11 Å². The van der Waals surface area contributed by atoms with Crippen molar-refractivity contribution in [1.82, 2.24) is 0 Å². The maximum absolute atomic E-state index is 9.97. The van der Waals surface area contributed by atoms with Crippen molar-refractivity contribution in [2.24, 2.45) is 0 Å². The summed E-state index contributed by atoms with van der Waals surface area (Å²) in [5, 5.41) is 13.3. The number of benzene rings is 2. The van der Waals surface area contributed by atoms with Gasteiger partial charge in [0.2, 0.25) is 0 Å². The van der Waals surface area contributed by atoms with Crippen LogP contribution in [0.4, 0.5) is 5.69 Å². The number of halogens is 1. The number of hydrogen-bond donors (Lipinski definition) is 2. The molecule has 0 aliphatic heterocycles. The van der Waals surface area contributed by atoms with Crippen molar-refractivity contribution >= 4 is 21.6 Å². The van der Waals surface area contributed by atoms with Crippen LogP contribution in [0.2, 0.25) is 0 Å². The van der Waals surface area contributed by atoms with E-state index in [0.717, 1.165) is 21.5 Å². The van der Waals surface area contributed by atoms with E-state index in [1.165, 1.54) is 5.56 Å². The second kappa shape index (κ2) is 6.18. The van der Waals surface area contributed by atoms with Gasteiger partial charge in [-0.25, -0.2) is 0 Å². The van der Waals surface area contributed by atoms with E-state index in [1.54, 1.807) is 19.2 Å². The maximum Gasteiger partial charge on any atom is 0.121 e. The number of methoxy groups -OCH3 is 1. The van der Waals surface area contributed by atoms with Crippen molar-refractivity contribution in [3.63, 3.8) is 0 Å². The molecule has 20 heavy (non-hydrogen) atoms. The summed E-state index contributed by atoms with van der Waals surface area (Å²) in [4.78, 5) is 0. The lowest BCUT2D eigenvalue weighted by Crippen LogP contribution is -2.07. The van der Waals surface area contributed by atoms with E-state index < -0.39 is 0 Å². The van der Waals surface area contributed by atoms with Crippen LogP contribution in [0.25, 0.3) is 0 Å². The molecule has 0 saturated carbocycles. The van der Waals surface area contributed by atoms with Gasteiger partial charge in [-0.05, 0) is 49.7 Å². The fourth-order valence-corrected chi connectivity index (χ4v) is 2.40. The summed E-state index contributed by atoms with van der Waals surface area (Å²) in [6.07, 6.45) is 0. The lowest BCUT2D eigenvalue weighted by molar-refractivity contribution is 0.410. The normalized spacial score (nSPS) is 12.0.